The fourth-order valence-corrected chi connectivity index (χ4v) is 2.91. The van der Waals surface area contributed by atoms with Gasteiger partial charge in [-0.2, -0.15) is 0 Å². The van der Waals surface area contributed by atoms with Gasteiger partial charge in [0.25, 0.3) is 0 Å². The number of nitrogens with one attached hydrogen (secondary N) is 1. The molecule has 1 aromatic carbocycles. The van der Waals surface area contributed by atoms with E-state index in [-0.39, 0.29) is 0 Å². The second kappa shape index (κ2) is 5.40. The van der Waals surface area contributed by atoms with Crippen molar-refractivity contribution in [2.45, 2.75) is 44.6 Å². The summed E-state index contributed by atoms with van der Waals surface area (Å²) in [5, 5.41) is 13.7. The lowest BCUT2D eigenvalue weighted by molar-refractivity contribution is 0.0614. The lowest BCUT2D eigenvalue weighted by Crippen LogP contribution is -2.33. The molecule has 0 radical (unpaired) electrons. The van der Waals surface area contributed by atoms with Crippen molar-refractivity contribution in [1.82, 2.24) is 0 Å². The summed E-state index contributed by atoms with van der Waals surface area (Å²) in [6.07, 6.45) is 5.16. The first-order valence-corrected chi connectivity index (χ1v) is 7.17. The summed E-state index contributed by atoms with van der Waals surface area (Å²) < 4.78 is 1.11. The Hall–Kier alpha value is -0.540. The smallest absolute Gasteiger partial charge is 0.0819 e. The van der Waals surface area contributed by atoms with Gasteiger partial charge in [0, 0.05) is 16.7 Å². The van der Waals surface area contributed by atoms with Crippen molar-refractivity contribution in [3.63, 3.8) is 0 Å². The number of anilines is 1. The van der Waals surface area contributed by atoms with Crippen LogP contribution in [0.5, 0.6) is 0 Å². The van der Waals surface area contributed by atoms with Crippen LogP contribution in [0.4, 0.5) is 5.69 Å². The SMILES string of the molecule is CCc1cc(Br)ccc1NCC1(O)CCCC1. The Labute approximate surface area is 112 Å². The van der Waals surface area contributed by atoms with Crippen molar-refractivity contribution in [3.05, 3.63) is 28.2 Å². The van der Waals surface area contributed by atoms with Gasteiger partial charge in [0.1, 0.15) is 0 Å². The molecule has 0 amide bonds. The molecule has 0 unspecified atom stereocenters. The first-order valence-electron chi connectivity index (χ1n) is 6.38. The van der Waals surface area contributed by atoms with E-state index in [2.05, 4.69) is 40.3 Å². The fourth-order valence-electron chi connectivity index (χ4n) is 2.50. The average Bonchev–Trinajstić information content (AvgIpc) is 2.75. The van der Waals surface area contributed by atoms with E-state index >= 15 is 0 Å². The molecule has 1 fully saturated rings. The van der Waals surface area contributed by atoms with Gasteiger partial charge in [-0.25, -0.2) is 0 Å². The number of hydrogen-bond acceptors (Lipinski definition) is 2. The highest BCUT2D eigenvalue weighted by Crippen LogP contribution is 2.30. The van der Waals surface area contributed by atoms with Gasteiger partial charge in [0.2, 0.25) is 0 Å². The topological polar surface area (TPSA) is 32.3 Å². The zero-order chi connectivity index (χ0) is 12.3. The first kappa shape index (κ1) is 12.9. The largest absolute Gasteiger partial charge is 0.388 e. The van der Waals surface area contributed by atoms with Crippen LogP contribution in [-0.4, -0.2) is 17.3 Å². The summed E-state index contributed by atoms with van der Waals surface area (Å²) in [7, 11) is 0. The van der Waals surface area contributed by atoms with Gasteiger partial charge >= 0.3 is 0 Å². The molecule has 1 saturated carbocycles. The van der Waals surface area contributed by atoms with Crippen molar-refractivity contribution < 1.29 is 5.11 Å². The van der Waals surface area contributed by atoms with Crippen molar-refractivity contribution in [1.29, 1.82) is 0 Å². The van der Waals surface area contributed by atoms with Crippen LogP contribution in [-0.2, 0) is 6.42 Å². The van der Waals surface area contributed by atoms with E-state index in [0.717, 1.165) is 42.3 Å². The number of aliphatic hydroxyl groups is 1. The number of aryl methyl sites for hydroxylation is 1. The second-order valence-electron chi connectivity index (χ2n) is 4.94. The van der Waals surface area contributed by atoms with E-state index in [1.165, 1.54) is 5.56 Å². The molecule has 0 spiro atoms. The van der Waals surface area contributed by atoms with Crippen LogP contribution in [0.3, 0.4) is 0 Å². The van der Waals surface area contributed by atoms with Gasteiger partial charge in [0.05, 0.1) is 5.60 Å². The molecular formula is C14H20BrNO. The fraction of sp³-hybridized carbons (Fsp3) is 0.571. The number of halogens is 1. The standard InChI is InChI=1S/C14H20BrNO/c1-2-11-9-12(15)5-6-13(11)16-10-14(17)7-3-4-8-14/h5-6,9,16-17H,2-4,7-8,10H2,1H3. The summed E-state index contributed by atoms with van der Waals surface area (Å²) in [6.45, 7) is 2.82. The highest BCUT2D eigenvalue weighted by molar-refractivity contribution is 9.10. The maximum atomic E-state index is 10.3. The Morgan fingerprint density at radius 3 is 2.71 bits per heavy atom. The summed E-state index contributed by atoms with van der Waals surface area (Å²) >= 11 is 3.49. The molecule has 1 aromatic rings. The van der Waals surface area contributed by atoms with E-state index in [9.17, 15) is 5.11 Å². The van der Waals surface area contributed by atoms with Crippen LogP contribution in [0.25, 0.3) is 0 Å². The molecule has 0 aromatic heterocycles. The normalized spacial score (nSPS) is 18.3. The van der Waals surface area contributed by atoms with Crippen LogP contribution in [0.1, 0.15) is 38.2 Å². The van der Waals surface area contributed by atoms with Gasteiger partial charge in [-0.05, 0) is 43.0 Å². The maximum absolute atomic E-state index is 10.3. The highest BCUT2D eigenvalue weighted by Gasteiger charge is 2.30. The minimum atomic E-state index is -0.488. The molecule has 2 N–H and O–H groups in total. The van der Waals surface area contributed by atoms with Gasteiger partial charge < -0.3 is 10.4 Å². The molecule has 94 valence electrons. The monoisotopic (exact) mass is 297 g/mol. The minimum absolute atomic E-state index is 0.488. The molecule has 0 atom stereocenters. The van der Waals surface area contributed by atoms with Crippen molar-refractivity contribution in [3.8, 4) is 0 Å². The Kier molecular flexibility index (Phi) is 4.10. The van der Waals surface area contributed by atoms with E-state index in [1.807, 2.05) is 6.07 Å². The highest BCUT2D eigenvalue weighted by atomic mass is 79.9. The quantitative estimate of drug-likeness (QED) is 0.887. The molecule has 0 saturated heterocycles. The minimum Gasteiger partial charge on any atom is -0.388 e. The lowest BCUT2D eigenvalue weighted by Gasteiger charge is -2.24. The molecular weight excluding hydrogens is 278 g/mol. The Morgan fingerprint density at radius 2 is 2.06 bits per heavy atom. The van der Waals surface area contributed by atoms with Crippen molar-refractivity contribution >= 4 is 21.6 Å². The van der Waals surface area contributed by atoms with Crippen LogP contribution >= 0.6 is 15.9 Å². The third-order valence-corrected chi connectivity index (χ3v) is 4.08. The number of rotatable bonds is 4. The molecule has 0 aliphatic heterocycles. The number of benzene rings is 1. The molecule has 2 nitrogen and oxygen atoms in total. The molecule has 3 heteroatoms. The predicted octanol–water partition coefficient (Wildman–Crippen LogP) is 3.73. The summed E-state index contributed by atoms with van der Waals surface area (Å²) in [5.74, 6) is 0. The Morgan fingerprint density at radius 1 is 1.35 bits per heavy atom. The van der Waals surface area contributed by atoms with Gasteiger partial charge in [-0.1, -0.05) is 35.7 Å². The van der Waals surface area contributed by atoms with Gasteiger partial charge in [-0.15, -0.1) is 0 Å². The van der Waals surface area contributed by atoms with E-state index < -0.39 is 5.60 Å². The third kappa shape index (κ3) is 3.23. The molecule has 0 heterocycles. The Bertz CT molecular complexity index is 386. The van der Waals surface area contributed by atoms with Crippen LogP contribution in [0.15, 0.2) is 22.7 Å². The zero-order valence-electron chi connectivity index (χ0n) is 10.3. The van der Waals surface area contributed by atoms with Crippen LogP contribution < -0.4 is 5.32 Å². The second-order valence-corrected chi connectivity index (χ2v) is 5.86. The maximum Gasteiger partial charge on any atom is 0.0819 e. The molecule has 1 aliphatic rings. The van der Waals surface area contributed by atoms with Crippen LogP contribution in [0.2, 0.25) is 0 Å². The summed E-state index contributed by atoms with van der Waals surface area (Å²) in [6, 6.07) is 6.27. The summed E-state index contributed by atoms with van der Waals surface area (Å²) in [5.41, 5.74) is 1.95. The van der Waals surface area contributed by atoms with Gasteiger partial charge in [-0.3, -0.25) is 0 Å². The molecule has 1 aliphatic carbocycles. The van der Waals surface area contributed by atoms with Crippen LogP contribution in [0, 0.1) is 0 Å². The average molecular weight is 298 g/mol. The van der Waals surface area contributed by atoms with Crippen molar-refractivity contribution in [2.24, 2.45) is 0 Å². The lowest BCUT2D eigenvalue weighted by atomic mass is 10.0. The third-order valence-electron chi connectivity index (χ3n) is 3.59. The molecule has 2 rings (SSSR count). The van der Waals surface area contributed by atoms with Gasteiger partial charge in [0.15, 0.2) is 0 Å². The van der Waals surface area contributed by atoms with Crippen molar-refractivity contribution in [2.75, 3.05) is 11.9 Å². The Balaban J connectivity index is 2.03. The first-order chi connectivity index (χ1) is 8.13. The van der Waals surface area contributed by atoms with E-state index in [0.29, 0.717) is 6.54 Å². The predicted molar refractivity (Wildman–Crippen MR) is 75.4 cm³/mol. The summed E-state index contributed by atoms with van der Waals surface area (Å²) in [4.78, 5) is 0. The zero-order valence-corrected chi connectivity index (χ0v) is 11.9. The van der Waals surface area contributed by atoms with E-state index in [1.54, 1.807) is 0 Å². The molecule has 0 bridgehead atoms. The number of hydrogen-bond donors (Lipinski definition) is 2. The molecule has 17 heavy (non-hydrogen) atoms. The van der Waals surface area contributed by atoms with E-state index in [4.69, 9.17) is 0 Å².